The molecule has 0 atom stereocenters. The van der Waals surface area contributed by atoms with Crippen LogP contribution >= 0.6 is 23.2 Å². The first-order valence-electron chi connectivity index (χ1n) is 9.35. The van der Waals surface area contributed by atoms with E-state index in [4.69, 9.17) is 23.2 Å². The molecule has 152 valence electrons. The molecule has 3 aromatic rings. The second-order valence-electron chi connectivity index (χ2n) is 6.74. The van der Waals surface area contributed by atoms with Gasteiger partial charge in [0, 0.05) is 35.7 Å². The number of carbonyl (C=O) groups excluding carboxylic acids is 1. The lowest BCUT2D eigenvalue weighted by Crippen LogP contribution is -2.35. The first-order chi connectivity index (χ1) is 14.0. The summed E-state index contributed by atoms with van der Waals surface area (Å²) in [6, 6.07) is 15.5. The fraction of sp³-hybridized carbons (Fsp3) is 0.227. The molecule has 3 rings (SSSR count). The van der Waals surface area contributed by atoms with Crippen LogP contribution < -0.4 is 5.32 Å². The monoisotopic (exact) mass is 433 g/mol. The van der Waals surface area contributed by atoms with Gasteiger partial charge < -0.3 is 14.8 Å². The molecule has 4 nitrogen and oxygen atoms in total. The second kappa shape index (κ2) is 9.81. The largest absolute Gasteiger partial charge is 0.345 e. The van der Waals surface area contributed by atoms with Crippen LogP contribution in [-0.2, 0) is 13.1 Å². The number of anilines is 1. The molecule has 1 heterocycles. The molecule has 0 saturated carbocycles. The van der Waals surface area contributed by atoms with E-state index in [1.54, 1.807) is 4.90 Å². The van der Waals surface area contributed by atoms with Crippen molar-refractivity contribution in [3.8, 4) is 0 Å². The van der Waals surface area contributed by atoms with Gasteiger partial charge in [-0.2, -0.15) is 0 Å². The lowest BCUT2D eigenvalue weighted by Gasteiger charge is -2.23. The van der Waals surface area contributed by atoms with Gasteiger partial charge in [0.1, 0.15) is 5.82 Å². The lowest BCUT2D eigenvalue weighted by atomic mass is 10.2. The topological polar surface area (TPSA) is 37.3 Å². The normalized spacial score (nSPS) is 10.8. The number of halogens is 3. The number of urea groups is 1. The van der Waals surface area contributed by atoms with Crippen LogP contribution in [0.25, 0.3) is 0 Å². The minimum Gasteiger partial charge on any atom is -0.345 e. The Kier molecular flexibility index (Phi) is 7.18. The van der Waals surface area contributed by atoms with Gasteiger partial charge in [-0.15, -0.1) is 0 Å². The van der Waals surface area contributed by atoms with E-state index in [1.807, 2.05) is 49.5 Å². The Labute approximate surface area is 179 Å². The van der Waals surface area contributed by atoms with Crippen molar-refractivity contribution in [2.45, 2.75) is 26.4 Å². The van der Waals surface area contributed by atoms with Crippen LogP contribution in [-0.4, -0.2) is 22.0 Å². The van der Waals surface area contributed by atoms with Crippen molar-refractivity contribution in [2.75, 3.05) is 11.9 Å². The average molecular weight is 434 g/mol. The fourth-order valence-corrected chi connectivity index (χ4v) is 3.47. The zero-order chi connectivity index (χ0) is 20.8. The van der Waals surface area contributed by atoms with E-state index in [1.165, 1.54) is 18.2 Å². The summed E-state index contributed by atoms with van der Waals surface area (Å²) < 4.78 is 15.4. The minimum absolute atomic E-state index is 0.0276. The summed E-state index contributed by atoms with van der Waals surface area (Å²) in [5.41, 5.74) is 2.55. The maximum Gasteiger partial charge on any atom is 0.322 e. The summed E-state index contributed by atoms with van der Waals surface area (Å²) in [5.74, 6) is -0.520. The van der Waals surface area contributed by atoms with E-state index in [0.29, 0.717) is 30.3 Å². The summed E-state index contributed by atoms with van der Waals surface area (Å²) in [6.07, 6.45) is 2.80. The van der Waals surface area contributed by atoms with Crippen LogP contribution in [0.1, 0.15) is 24.6 Å². The Morgan fingerprint density at radius 1 is 1.14 bits per heavy atom. The van der Waals surface area contributed by atoms with Gasteiger partial charge in [0.2, 0.25) is 0 Å². The number of nitrogens with one attached hydrogen (secondary N) is 1. The molecular weight excluding hydrogens is 412 g/mol. The maximum atomic E-state index is 13.3. The predicted molar refractivity (Wildman–Crippen MR) is 116 cm³/mol. The molecule has 0 aliphatic carbocycles. The van der Waals surface area contributed by atoms with Gasteiger partial charge in [-0.25, -0.2) is 9.18 Å². The molecule has 2 aromatic carbocycles. The molecule has 1 aromatic heterocycles. The molecule has 0 saturated heterocycles. The second-order valence-corrected chi connectivity index (χ2v) is 7.58. The first-order valence-corrected chi connectivity index (χ1v) is 10.1. The molecule has 2 amide bonds. The summed E-state index contributed by atoms with van der Waals surface area (Å²) in [4.78, 5) is 14.5. The van der Waals surface area contributed by atoms with Gasteiger partial charge in [-0.3, -0.25) is 0 Å². The smallest absolute Gasteiger partial charge is 0.322 e. The van der Waals surface area contributed by atoms with Crippen LogP contribution in [0.4, 0.5) is 14.9 Å². The molecule has 0 radical (unpaired) electrons. The number of aromatic nitrogens is 1. The summed E-state index contributed by atoms with van der Waals surface area (Å²) in [5, 5.41) is 3.46. The number of carbonyl (C=O) groups is 1. The third-order valence-electron chi connectivity index (χ3n) is 4.47. The van der Waals surface area contributed by atoms with Gasteiger partial charge >= 0.3 is 6.03 Å². The van der Waals surface area contributed by atoms with Crippen molar-refractivity contribution < 1.29 is 9.18 Å². The molecule has 7 heteroatoms. The molecule has 0 bridgehead atoms. The van der Waals surface area contributed by atoms with Gasteiger partial charge in [0.05, 0.1) is 11.6 Å². The lowest BCUT2D eigenvalue weighted by molar-refractivity contribution is 0.208. The number of benzene rings is 2. The summed E-state index contributed by atoms with van der Waals surface area (Å²) >= 11 is 11.9. The van der Waals surface area contributed by atoms with E-state index in [0.717, 1.165) is 17.7 Å². The average Bonchev–Trinajstić information content (AvgIpc) is 3.11. The molecule has 0 spiro atoms. The molecule has 0 unspecified atom stereocenters. The van der Waals surface area contributed by atoms with Gasteiger partial charge in [-0.1, -0.05) is 42.3 Å². The van der Waals surface area contributed by atoms with E-state index >= 15 is 0 Å². The number of amides is 2. The van der Waals surface area contributed by atoms with E-state index in [-0.39, 0.29) is 11.1 Å². The van der Waals surface area contributed by atoms with E-state index < -0.39 is 5.82 Å². The molecule has 29 heavy (non-hydrogen) atoms. The molecule has 0 aliphatic heterocycles. The van der Waals surface area contributed by atoms with Crippen molar-refractivity contribution in [1.29, 1.82) is 0 Å². The summed E-state index contributed by atoms with van der Waals surface area (Å²) in [6.45, 7) is 3.71. The third-order valence-corrected chi connectivity index (χ3v) is 4.99. The quantitative estimate of drug-likeness (QED) is 0.457. The number of nitrogens with zero attached hydrogens (tertiary/aromatic N) is 2. The maximum absolute atomic E-state index is 13.3. The van der Waals surface area contributed by atoms with E-state index in [2.05, 4.69) is 9.88 Å². The van der Waals surface area contributed by atoms with Crippen LogP contribution in [0.5, 0.6) is 0 Å². The van der Waals surface area contributed by atoms with Crippen molar-refractivity contribution in [2.24, 2.45) is 0 Å². The number of hydrogen-bond acceptors (Lipinski definition) is 1. The first kappa shape index (κ1) is 21.2. The van der Waals surface area contributed by atoms with Crippen LogP contribution in [0.15, 0.2) is 60.8 Å². The van der Waals surface area contributed by atoms with Crippen molar-refractivity contribution in [3.05, 3.63) is 87.9 Å². The van der Waals surface area contributed by atoms with E-state index in [9.17, 15) is 9.18 Å². The minimum atomic E-state index is -0.520. The Balaban J connectivity index is 1.72. The zero-order valence-corrected chi connectivity index (χ0v) is 17.6. The highest BCUT2D eigenvalue weighted by Gasteiger charge is 2.16. The Morgan fingerprint density at radius 2 is 1.97 bits per heavy atom. The van der Waals surface area contributed by atoms with Crippen molar-refractivity contribution >= 4 is 34.9 Å². The van der Waals surface area contributed by atoms with Crippen LogP contribution in [0.2, 0.25) is 10.0 Å². The van der Waals surface area contributed by atoms with Crippen LogP contribution in [0, 0.1) is 5.82 Å². The fourth-order valence-electron chi connectivity index (χ4n) is 3.07. The molecule has 0 aliphatic rings. The van der Waals surface area contributed by atoms with Gasteiger partial charge in [0.25, 0.3) is 0 Å². The highest BCUT2D eigenvalue weighted by Crippen LogP contribution is 2.20. The zero-order valence-electron chi connectivity index (χ0n) is 16.0. The number of hydrogen-bond donors (Lipinski definition) is 1. The standard InChI is InChI=1S/C22H22Cl2FN3O/c1-2-10-28(22(29)26-18-8-9-21(25)20(24)13-18)15-19-7-4-11-27(19)14-16-5-3-6-17(23)12-16/h3-9,11-13H,2,10,14-15H2,1H3,(H,26,29). The highest BCUT2D eigenvalue weighted by molar-refractivity contribution is 6.31. The molecule has 0 fully saturated rings. The highest BCUT2D eigenvalue weighted by atomic mass is 35.5. The molecule has 1 N–H and O–H groups in total. The predicted octanol–water partition coefficient (Wildman–Crippen LogP) is 6.43. The van der Waals surface area contributed by atoms with Crippen molar-refractivity contribution in [3.63, 3.8) is 0 Å². The molecular formula is C22H22Cl2FN3O. The number of rotatable bonds is 7. The Morgan fingerprint density at radius 3 is 2.69 bits per heavy atom. The Bertz CT molecular complexity index is 990. The van der Waals surface area contributed by atoms with Crippen LogP contribution in [0.3, 0.4) is 0 Å². The summed E-state index contributed by atoms with van der Waals surface area (Å²) in [7, 11) is 0. The van der Waals surface area contributed by atoms with Gasteiger partial charge in [-0.05, 0) is 54.4 Å². The SMILES string of the molecule is CCCN(Cc1cccn1Cc1cccc(Cl)c1)C(=O)Nc1ccc(F)c(Cl)c1. The Hall–Kier alpha value is -2.50. The van der Waals surface area contributed by atoms with Gasteiger partial charge in [0.15, 0.2) is 0 Å². The third kappa shape index (κ3) is 5.75. The van der Waals surface area contributed by atoms with Crippen molar-refractivity contribution in [1.82, 2.24) is 9.47 Å².